The quantitative estimate of drug-likeness (QED) is 0.930. The molecule has 0 aromatic heterocycles. The van der Waals surface area contributed by atoms with Crippen molar-refractivity contribution in [1.82, 2.24) is 0 Å². The van der Waals surface area contributed by atoms with Crippen molar-refractivity contribution in [3.05, 3.63) is 29.8 Å². The Balaban J connectivity index is 1.75. The zero-order valence-electron chi connectivity index (χ0n) is 12.9. The van der Waals surface area contributed by atoms with Gasteiger partial charge >= 0.3 is 0 Å². The van der Waals surface area contributed by atoms with E-state index in [9.17, 15) is 5.11 Å². The molecule has 0 bridgehead atoms. The maximum absolute atomic E-state index is 10.8. The Labute approximate surface area is 131 Å². The van der Waals surface area contributed by atoms with Crippen LogP contribution in [0.1, 0.15) is 30.9 Å². The van der Waals surface area contributed by atoms with E-state index in [1.807, 2.05) is 38.0 Å². The second-order valence-corrected chi connectivity index (χ2v) is 7.63. The molecule has 1 spiro atoms. The lowest BCUT2D eigenvalue weighted by molar-refractivity contribution is -0.102. The molecule has 3 unspecified atom stereocenters. The van der Waals surface area contributed by atoms with Crippen molar-refractivity contribution in [3.63, 3.8) is 0 Å². The molecule has 2 heterocycles. The first kappa shape index (κ1) is 15.2. The molecule has 0 amide bonds. The third kappa shape index (κ3) is 3.22. The predicted octanol–water partition coefficient (Wildman–Crippen LogP) is 3.09. The molecular weight excluding hydrogens is 282 g/mol. The topological polar surface area (TPSA) is 32.7 Å². The molecule has 3 rings (SSSR count). The summed E-state index contributed by atoms with van der Waals surface area (Å²) >= 11 is 1.98. The second kappa shape index (κ2) is 6.19. The number of benzene rings is 1. The standard InChI is InChI=1S/C17H25NO2S/c1-18(2)15-5-3-4-13(10-15)16(19)14-6-8-20-17(11-14)7-9-21-12-17/h3-5,10,14,16,19H,6-9,11-12H2,1-2H3. The summed E-state index contributed by atoms with van der Waals surface area (Å²) < 4.78 is 6.06. The average Bonchev–Trinajstić information content (AvgIpc) is 2.94. The Bertz CT molecular complexity index is 485. The number of ether oxygens (including phenoxy) is 1. The number of aliphatic hydroxyl groups is 1. The van der Waals surface area contributed by atoms with Gasteiger partial charge in [0.25, 0.3) is 0 Å². The van der Waals surface area contributed by atoms with Gasteiger partial charge in [0.05, 0.1) is 11.7 Å². The fourth-order valence-corrected chi connectivity index (χ4v) is 4.84. The predicted molar refractivity (Wildman–Crippen MR) is 89.1 cm³/mol. The molecule has 2 fully saturated rings. The molecule has 116 valence electrons. The molecule has 2 aliphatic rings. The van der Waals surface area contributed by atoms with Crippen molar-refractivity contribution in [2.24, 2.45) is 5.92 Å². The normalized spacial score (nSPS) is 30.5. The summed E-state index contributed by atoms with van der Waals surface area (Å²) in [6, 6.07) is 8.27. The van der Waals surface area contributed by atoms with E-state index < -0.39 is 0 Å². The molecule has 21 heavy (non-hydrogen) atoms. The van der Waals surface area contributed by atoms with Crippen molar-refractivity contribution in [3.8, 4) is 0 Å². The molecule has 3 nitrogen and oxygen atoms in total. The molecule has 0 saturated carbocycles. The number of hydrogen-bond donors (Lipinski definition) is 1. The highest BCUT2D eigenvalue weighted by atomic mass is 32.2. The Hall–Kier alpha value is -0.710. The third-order valence-corrected chi connectivity index (χ3v) is 6.00. The Morgan fingerprint density at radius 1 is 1.43 bits per heavy atom. The summed E-state index contributed by atoms with van der Waals surface area (Å²) in [6.45, 7) is 0.787. The van der Waals surface area contributed by atoms with E-state index in [-0.39, 0.29) is 11.7 Å². The van der Waals surface area contributed by atoms with Gasteiger partial charge in [-0.1, -0.05) is 12.1 Å². The van der Waals surface area contributed by atoms with Gasteiger partial charge in [0.15, 0.2) is 0 Å². The Morgan fingerprint density at radius 3 is 3.00 bits per heavy atom. The van der Waals surface area contributed by atoms with Crippen molar-refractivity contribution >= 4 is 17.4 Å². The van der Waals surface area contributed by atoms with Gasteiger partial charge in [-0.2, -0.15) is 11.8 Å². The van der Waals surface area contributed by atoms with E-state index in [0.29, 0.717) is 5.92 Å². The van der Waals surface area contributed by atoms with E-state index >= 15 is 0 Å². The van der Waals surface area contributed by atoms with Crippen LogP contribution in [0.3, 0.4) is 0 Å². The molecule has 0 radical (unpaired) electrons. The molecule has 1 N–H and O–H groups in total. The lowest BCUT2D eigenvalue weighted by Crippen LogP contribution is -2.41. The van der Waals surface area contributed by atoms with Crippen molar-refractivity contribution in [1.29, 1.82) is 0 Å². The number of hydrogen-bond acceptors (Lipinski definition) is 4. The number of aliphatic hydroxyl groups excluding tert-OH is 1. The van der Waals surface area contributed by atoms with Crippen LogP contribution in [0.2, 0.25) is 0 Å². The van der Waals surface area contributed by atoms with E-state index in [1.165, 1.54) is 5.75 Å². The summed E-state index contributed by atoms with van der Waals surface area (Å²) in [5, 5.41) is 10.8. The Kier molecular flexibility index (Phi) is 4.48. The van der Waals surface area contributed by atoms with Gasteiger partial charge in [0.1, 0.15) is 0 Å². The first-order valence-corrected chi connectivity index (χ1v) is 8.92. The highest BCUT2D eigenvalue weighted by Crippen LogP contribution is 2.44. The minimum atomic E-state index is -0.378. The van der Waals surface area contributed by atoms with Gasteiger partial charge in [-0.05, 0) is 48.6 Å². The maximum atomic E-state index is 10.8. The van der Waals surface area contributed by atoms with Gasteiger partial charge in [0.2, 0.25) is 0 Å². The number of nitrogens with zero attached hydrogens (tertiary/aromatic N) is 1. The van der Waals surface area contributed by atoms with Gasteiger partial charge < -0.3 is 14.7 Å². The van der Waals surface area contributed by atoms with Crippen molar-refractivity contribution in [2.75, 3.05) is 37.1 Å². The van der Waals surface area contributed by atoms with E-state index in [2.05, 4.69) is 17.0 Å². The van der Waals surface area contributed by atoms with E-state index in [0.717, 1.165) is 42.9 Å². The van der Waals surface area contributed by atoms with Crippen LogP contribution in [0, 0.1) is 5.92 Å². The summed E-state index contributed by atoms with van der Waals surface area (Å²) in [4.78, 5) is 2.08. The monoisotopic (exact) mass is 307 g/mol. The van der Waals surface area contributed by atoms with E-state index in [4.69, 9.17) is 4.74 Å². The minimum Gasteiger partial charge on any atom is -0.388 e. The van der Waals surface area contributed by atoms with Crippen LogP contribution >= 0.6 is 11.8 Å². The van der Waals surface area contributed by atoms with E-state index in [1.54, 1.807) is 0 Å². The molecule has 0 aliphatic carbocycles. The summed E-state index contributed by atoms with van der Waals surface area (Å²) in [5.74, 6) is 2.60. The van der Waals surface area contributed by atoms with Crippen LogP contribution in [-0.2, 0) is 4.74 Å². The largest absolute Gasteiger partial charge is 0.388 e. The summed E-state index contributed by atoms with van der Waals surface area (Å²) in [6.07, 6.45) is 2.71. The van der Waals surface area contributed by atoms with Crippen LogP contribution in [0.25, 0.3) is 0 Å². The second-order valence-electron chi connectivity index (χ2n) is 6.52. The lowest BCUT2D eigenvalue weighted by Gasteiger charge is -2.39. The van der Waals surface area contributed by atoms with Crippen LogP contribution < -0.4 is 4.90 Å². The van der Waals surface area contributed by atoms with Crippen LogP contribution in [0.15, 0.2) is 24.3 Å². The minimum absolute atomic E-state index is 0.0354. The molecular formula is C17H25NO2S. The molecule has 3 atom stereocenters. The fraction of sp³-hybridized carbons (Fsp3) is 0.647. The smallest absolute Gasteiger partial charge is 0.0820 e. The van der Waals surface area contributed by atoms with Crippen LogP contribution in [0.4, 0.5) is 5.69 Å². The molecule has 2 saturated heterocycles. The number of anilines is 1. The van der Waals surface area contributed by atoms with Crippen molar-refractivity contribution in [2.45, 2.75) is 31.0 Å². The fourth-order valence-electron chi connectivity index (χ4n) is 3.46. The number of rotatable bonds is 3. The molecule has 1 aromatic carbocycles. The van der Waals surface area contributed by atoms with Gasteiger partial charge in [-0.3, -0.25) is 0 Å². The lowest BCUT2D eigenvalue weighted by atomic mass is 9.80. The Morgan fingerprint density at radius 2 is 2.29 bits per heavy atom. The molecule has 2 aliphatic heterocycles. The summed E-state index contributed by atoms with van der Waals surface area (Å²) in [7, 11) is 4.06. The van der Waals surface area contributed by atoms with Gasteiger partial charge in [-0.25, -0.2) is 0 Å². The third-order valence-electron chi connectivity index (χ3n) is 4.77. The first-order chi connectivity index (χ1) is 10.1. The van der Waals surface area contributed by atoms with Crippen LogP contribution in [-0.4, -0.2) is 42.9 Å². The van der Waals surface area contributed by atoms with Crippen LogP contribution in [0.5, 0.6) is 0 Å². The zero-order chi connectivity index (χ0) is 14.9. The molecule has 4 heteroatoms. The molecule has 1 aromatic rings. The van der Waals surface area contributed by atoms with Crippen molar-refractivity contribution < 1.29 is 9.84 Å². The van der Waals surface area contributed by atoms with Gasteiger partial charge in [-0.15, -0.1) is 0 Å². The summed E-state index contributed by atoms with van der Waals surface area (Å²) in [5.41, 5.74) is 2.21. The highest BCUT2D eigenvalue weighted by molar-refractivity contribution is 7.99. The highest BCUT2D eigenvalue weighted by Gasteiger charge is 2.42. The number of thioether (sulfide) groups is 1. The first-order valence-electron chi connectivity index (χ1n) is 7.77. The van der Waals surface area contributed by atoms with Gasteiger partial charge in [0, 0.05) is 32.1 Å². The average molecular weight is 307 g/mol. The maximum Gasteiger partial charge on any atom is 0.0820 e. The SMILES string of the molecule is CN(C)c1cccc(C(O)C2CCOC3(CCSC3)C2)c1. The zero-order valence-corrected chi connectivity index (χ0v) is 13.7.